The van der Waals surface area contributed by atoms with E-state index in [4.69, 9.17) is 0 Å². The molecule has 0 spiro atoms. The second kappa shape index (κ2) is 17.0. The summed E-state index contributed by atoms with van der Waals surface area (Å²) >= 11 is 0. The van der Waals surface area contributed by atoms with E-state index in [0.29, 0.717) is 17.9 Å². The van der Waals surface area contributed by atoms with E-state index < -0.39 is 0 Å². The van der Waals surface area contributed by atoms with Gasteiger partial charge in [-0.3, -0.25) is 0 Å². The van der Waals surface area contributed by atoms with Crippen molar-refractivity contribution in [2.75, 3.05) is 0 Å². The lowest BCUT2D eigenvalue weighted by Crippen LogP contribution is -2.18. The summed E-state index contributed by atoms with van der Waals surface area (Å²) in [5.41, 5.74) is 4.48. The number of phenols is 2. The van der Waals surface area contributed by atoms with Crippen LogP contribution in [0.4, 0.5) is 0 Å². The summed E-state index contributed by atoms with van der Waals surface area (Å²) in [5.74, 6) is 0.634. The van der Waals surface area contributed by atoms with Crippen LogP contribution >= 0.6 is 0 Å². The molecule has 0 unspecified atom stereocenters. The summed E-state index contributed by atoms with van der Waals surface area (Å²) in [6.45, 7) is 13.8. The van der Waals surface area contributed by atoms with Gasteiger partial charge in [0.2, 0.25) is 0 Å². The quantitative estimate of drug-likeness (QED) is 0.165. The van der Waals surface area contributed by atoms with Gasteiger partial charge in [-0.2, -0.15) is 0 Å². The zero-order valence-corrected chi connectivity index (χ0v) is 26.4. The number of hydrogen-bond donors (Lipinski definition) is 2. The van der Waals surface area contributed by atoms with Crippen LogP contribution in [0.5, 0.6) is 11.5 Å². The number of phenolic OH excluding ortho intramolecular Hbond substituents is 2. The van der Waals surface area contributed by atoms with Crippen molar-refractivity contribution >= 4 is 0 Å². The van der Waals surface area contributed by atoms with Crippen LogP contribution in [0, 0.1) is 0 Å². The molecule has 2 rings (SSSR count). The molecular formula is C37H60O2. The lowest BCUT2D eigenvalue weighted by Gasteiger charge is -2.27. The predicted molar refractivity (Wildman–Crippen MR) is 170 cm³/mol. The summed E-state index contributed by atoms with van der Waals surface area (Å²) in [7, 11) is 0. The number of hydrogen-bond acceptors (Lipinski definition) is 2. The van der Waals surface area contributed by atoms with Gasteiger partial charge in [-0.05, 0) is 58.1 Å². The van der Waals surface area contributed by atoms with E-state index in [-0.39, 0.29) is 10.8 Å². The SMILES string of the molecule is CCCCCCCCCC(C)(C)c1ccc(O)c(Cc2cc(C(C)(C)CCCCCCCCC)ccc2O)c1. The van der Waals surface area contributed by atoms with Gasteiger partial charge in [0.05, 0.1) is 0 Å². The molecule has 0 bridgehead atoms. The Morgan fingerprint density at radius 3 is 1.18 bits per heavy atom. The van der Waals surface area contributed by atoms with Crippen LogP contribution in [0.15, 0.2) is 36.4 Å². The van der Waals surface area contributed by atoms with Crippen molar-refractivity contribution in [3.8, 4) is 11.5 Å². The van der Waals surface area contributed by atoms with E-state index in [2.05, 4.69) is 65.8 Å². The zero-order valence-electron chi connectivity index (χ0n) is 26.4. The molecule has 2 aromatic rings. The molecule has 0 aliphatic rings. The van der Waals surface area contributed by atoms with Gasteiger partial charge in [-0.15, -0.1) is 0 Å². The van der Waals surface area contributed by atoms with Gasteiger partial charge in [0.15, 0.2) is 0 Å². The maximum Gasteiger partial charge on any atom is 0.119 e. The van der Waals surface area contributed by atoms with E-state index in [9.17, 15) is 10.2 Å². The van der Waals surface area contributed by atoms with Gasteiger partial charge < -0.3 is 10.2 Å². The fourth-order valence-electron chi connectivity index (χ4n) is 5.84. The second-order valence-electron chi connectivity index (χ2n) is 13.4. The number of unbranched alkanes of at least 4 members (excludes halogenated alkanes) is 12. The zero-order chi connectivity index (χ0) is 28.7. The van der Waals surface area contributed by atoms with E-state index in [0.717, 1.165) is 24.0 Å². The molecule has 0 aromatic heterocycles. The minimum atomic E-state index is 0.0638. The van der Waals surface area contributed by atoms with Gasteiger partial charge in [-0.1, -0.05) is 156 Å². The first kappa shape index (κ1) is 33.2. The fraction of sp³-hybridized carbons (Fsp3) is 0.676. The van der Waals surface area contributed by atoms with Gasteiger partial charge >= 0.3 is 0 Å². The van der Waals surface area contributed by atoms with Crippen molar-refractivity contribution in [3.63, 3.8) is 0 Å². The minimum Gasteiger partial charge on any atom is -0.508 e. The molecule has 2 heteroatoms. The first-order valence-electron chi connectivity index (χ1n) is 16.3. The van der Waals surface area contributed by atoms with Gasteiger partial charge in [0, 0.05) is 6.42 Å². The Balaban J connectivity index is 2.02. The lowest BCUT2D eigenvalue weighted by molar-refractivity contribution is 0.436. The van der Waals surface area contributed by atoms with Gasteiger partial charge in [0.1, 0.15) is 11.5 Å². The highest BCUT2D eigenvalue weighted by Crippen LogP contribution is 2.36. The Kier molecular flexibility index (Phi) is 14.5. The smallest absolute Gasteiger partial charge is 0.119 e. The molecule has 0 fully saturated rings. The fourth-order valence-corrected chi connectivity index (χ4v) is 5.84. The molecule has 0 radical (unpaired) electrons. The van der Waals surface area contributed by atoms with Crippen molar-refractivity contribution < 1.29 is 10.2 Å². The largest absolute Gasteiger partial charge is 0.508 e. The maximum atomic E-state index is 10.7. The Bertz CT molecular complexity index is 878. The molecule has 2 nitrogen and oxygen atoms in total. The topological polar surface area (TPSA) is 40.5 Å². The second-order valence-corrected chi connectivity index (χ2v) is 13.4. The van der Waals surface area contributed by atoms with E-state index in [1.54, 1.807) is 0 Å². The van der Waals surface area contributed by atoms with E-state index in [1.165, 1.54) is 101 Å². The summed E-state index contributed by atoms with van der Waals surface area (Å²) in [5, 5.41) is 21.5. The Morgan fingerprint density at radius 2 is 0.821 bits per heavy atom. The molecule has 0 aliphatic heterocycles. The van der Waals surface area contributed by atoms with Gasteiger partial charge in [0.25, 0.3) is 0 Å². The average molecular weight is 537 g/mol. The van der Waals surface area contributed by atoms with Crippen LogP contribution in [-0.4, -0.2) is 10.2 Å². The summed E-state index contributed by atoms with van der Waals surface area (Å²) in [6.07, 6.45) is 21.4. The monoisotopic (exact) mass is 536 g/mol. The molecule has 2 aromatic carbocycles. The van der Waals surface area contributed by atoms with Crippen LogP contribution in [-0.2, 0) is 17.3 Å². The van der Waals surface area contributed by atoms with Crippen LogP contribution < -0.4 is 0 Å². The Morgan fingerprint density at radius 1 is 0.487 bits per heavy atom. The minimum absolute atomic E-state index is 0.0638. The van der Waals surface area contributed by atoms with Gasteiger partial charge in [-0.25, -0.2) is 0 Å². The average Bonchev–Trinajstić information content (AvgIpc) is 2.89. The highest BCUT2D eigenvalue weighted by atomic mass is 16.3. The summed E-state index contributed by atoms with van der Waals surface area (Å²) in [6, 6.07) is 12.2. The van der Waals surface area contributed by atoms with Crippen molar-refractivity contribution in [2.24, 2.45) is 0 Å². The normalized spacial score (nSPS) is 12.3. The number of benzene rings is 2. The third-order valence-electron chi connectivity index (χ3n) is 8.91. The third-order valence-corrected chi connectivity index (χ3v) is 8.91. The van der Waals surface area contributed by atoms with Crippen LogP contribution in [0.3, 0.4) is 0 Å². The maximum absolute atomic E-state index is 10.7. The highest BCUT2D eigenvalue weighted by molar-refractivity contribution is 5.46. The summed E-state index contributed by atoms with van der Waals surface area (Å²) in [4.78, 5) is 0. The molecule has 0 aliphatic carbocycles. The van der Waals surface area contributed by atoms with E-state index in [1.807, 2.05) is 12.1 Å². The van der Waals surface area contributed by atoms with Crippen LogP contribution in [0.2, 0.25) is 0 Å². The van der Waals surface area contributed by atoms with E-state index >= 15 is 0 Å². The Labute approximate surface area is 241 Å². The van der Waals surface area contributed by atoms with Crippen molar-refractivity contribution in [1.82, 2.24) is 0 Å². The predicted octanol–water partition coefficient (Wildman–Crippen LogP) is 11.5. The first-order valence-corrected chi connectivity index (χ1v) is 16.3. The van der Waals surface area contributed by atoms with Crippen molar-refractivity contribution in [3.05, 3.63) is 58.7 Å². The molecule has 0 amide bonds. The Hall–Kier alpha value is -1.96. The number of rotatable bonds is 20. The first-order chi connectivity index (χ1) is 18.6. The molecule has 39 heavy (non-hydrogen) atoms. The van der Waals surface area contributed by atoms with Crippen LogP contribution in [0.25, 0.3) is 0 Å². The molecule has 0 saturated heterocycles. The third kappa shape index (κ3) is 11.6. The van der Waals surface area contributed by atoms with Crippen molar-refractivity contribution in [2.45, 2.75) is 162 Å². The molecule has 0 atom stereocenters. The number of aromatic hydroxyl groups is 2. The molecule has 2 N–H and O–H groups in total. The molecule has 0 saturated carbocycles. The lowest BCUT2D eigenvalue weighted by atomic mass is 9.78. The standard InChI is InChI=1S/C37H60O2/c1-7-9-11-13-15-17-19-25-36(3,4)32-21-23-34(38)30(28-32)27-31-29-33(22-24-35(31)39)37(5,6)26-20-18-16-14-12-10-8-2/h21-24,28-29,38-39H,7-20,25-27H2,1-6H3. The highest BCUT2D eigenvalue weighted by Gasteiger charge is 2.23. The molecule has 0 heterocycles. The van der Waals surface area contributed by atoms with Crippen molar-refractivity contribution in [1.29, 1.82) is 0 Å². The molecular weight excluding hydrogens is 476 g/mol. The molecule has 220 valence electrons. The van der Waals surface area contributed by atoms with Crippen LogP contribution in [0.1, 0.15) is 167 Å². The summed E-state index contributed by atoms with van der Waals surface area (Å²) < 4.78 is 0.